The van der Waals surface area contributed by atoms with E-state index in [1.54, 1.807) is 12.1 Å². The van der Waals surface area contributed by atoms with Gasteiger partial charge in [0.2, 0.25) is 5.91 Å². The molecule has 0 radical (unpaired) electrons. The molecular weight excluding hydrogens is 351 g/mol. The highest BCUT2D eigenvalue weighted by atomic mass is 79.9. The van der Waals surface area contributed by atoms with Gasteiger partial charge in [-0.15, -0.1) is 0 Å². The average molecular weight is 366 g/mol. The lowest BCUT2D eigenvalue weighted by atomic mass is 9.92. The summed E-state index contributed by atoms with van der Waals surface area (Å²) in [5.41, 5.74) is 0.489. The Labute approximate surface area is 131 Å². The van der Waals surface area contributed by atoms with E-state index in [2.05, 4.69) is 33.5 Å². The summed E-state index contributed by atoms with van der Waals surface area (Å²) >= 11 is 15.5. The van der Waals surface area contributed by atoms with Crippen LogP contribution in [-0.2, 0) is 4.79 Å². The third-order valence-corrected chi connectivity index (χ3v) is 4.30. The van der Waals surface area contributed by atoms with Crippen molar-refractivity contribution in [3.63, 3.8) is 0 Å². The minimum absolute atomic E-state index is 0.00651. The molecule has 2 rings (SSSR count). The van der Waals surface area contributed by atoms with Crippen LogP contribution in [0.5, 0.6) is 0 Å². The Bertz CT molecular complexity index is 473. The molecule has 2 atom stereocenters. The minimum Gasteiger partial charge on any atom is -0.323 e. The fourth-order valence-electron chi connectivity index (χ4n) is 2.26. The van der Waals surface area contributed by atoms with E-state index in [0.29, 0.717) is 21.8 Å². The van der Waals surface area contributed by atoms with Crippen molar-refractivity contribution in [1.29, 1.82) is 0 Å². The monoisotopic (exact) mass is 364 g/mol. The van der Waals surface area contributed by atoms with Gasteiger partial charge in [0.1, 0.15) is 0 Å². The molecule has 0 aliphatic carbocycles. The van der Waals surface area contributed by atoms with Gasteiger partial charge in [0, 0.05) is 16.4 Å². The van der Waals surface area contributed by atoms with E-state index >= 15 is 0 Å². The summed E-state index contributed by atoms with van der Waals surface area (Å²) in [5, 5.41) is 7.05. The predicted molar refractivity (Wildman–Crippen MR) is 83.0 cm³/mol. The van der Waals surface area contributed by atoms with Gasteiger partial charge in [-0.05, 0) is 38.4 Å². The Morgan fingerprint density at radius 2 is 2.05 bits per heavy atom. The molecule has 1 amide bonds. The molecule has 1 fully saturated rings. The highest BCUT2D eigenvalue weighted by molar-refractivity contribution is 9.10. The maximum absolute atomic E-state index is 12.2. The van der Waals surface area contributed by atoms with Crippen LogP contribution in [0.15, 0.2) is 16.6 Å². The first kappa shape index (κ1) is 15.1. The number of hydrogen-bond donors (Lipinski definition) is 2. The van der Waals surface area contributed by atoms with Gasteiger partial charge < -0.3 is 10.6 Å². The lowest BCUT2D eigenvalue weighted by Gasteiger charge is -2.27. The molecule has 0 aromatic heterocycles. The van der Waals surface area contributed by atoms with E-state index < -0.39 is 0 Å². The van der Waals surface area contributed by atoms with Crippen LogP contribution in [0.4, 0.5) is 5.69 Å². The zero-order valence-corrected chi connectivity index (χ0v) is 13.6. The normalized spacial score (nSPS) is 23.2. The number of carbonyl (C=O) groups excluding carboxylic acids is 1. The first-order valence-electron chi connectivity index (χ1n) is 6.16. The second-order valence-corrected chi connectivity index (χ2v) is 6.54. The van der Waals surface area contributed by atoms with Gasteiger partial charge in [0.15, 0.2) is 0 Å². The van der Waals surface area contributed by atoms with E-state index in [1.165, 1.54) is 0 Å². The zero-order chi connectivity index (χ0) is 14.0. The van der Waals surface area contributed by atoms with Gasteiger partial charge in [-0.1, -0.05) is 39.1 Å². The average Bonchev–Trinajstić information content (AvgIpc) is 2.33. The van der Waals surface area contributed by atoms with Gasteiger partial charge >= 0.3 is 0 Å². The number of carbonyl (C=O) groups is 1. The molecule has 2 unspecified atom stereocenters. The van der Waals surface area contributed by atoms with Gasteiger partial charge in [0.25, 0.3) is 0 Å². The highest BCUT2D eigenvalue weighted by Crippen LogP contribution is 2.34. The van der Waals surface area contributed by atoms with E-state index in [4.69, 9.17) is 23.2 Å². The number of hydrogen-bond acceptors (Lipinski definition) is 2. The molecule has 19 heavy (non-hydrogen) atoms. The van der Waals surface area contributed by atoms with Crippen LogP contribution in [-0.4, -0.2) is 18.5 Å². The van der Waals surface area contributed by atoms with E-state index in [0.717, 1.165) is 23.9 Å². The Hall–Kier alpha value is -0.290. The Morgan fingerprint density at radius 3 is 2.63 bits per heavy atom. The third kappa shape index (κ3) is 3.85. The first-order valence-corrected chi connectivity index (χ1v) is 7.71. The van der Waals surface area contributed by atoms with E-state index in [1.807, 2.05) is 0 Å². The van der Waals surface area contributed by atoms with Gasteiger partial charge in [-0.25, -0.2) is 0 Å². The van der Waals surface area contributed by atoms with Crippen LogP contribution < -0.4 is 10.6 Å². The Kier molecular flexibility index (Phi) is 5.12. The number of nitrogens with one attached hydrogen (secondary N) is 2. The Balaban J connectivity index is 2.10. The first-order chi connectivity index (χ1) is 8.97. The lowest BCUT2D eigenvalue weighted by Crippen LogP contribution is -2.40. The molecule has 104 valence electrons. The highest BCUT2D eigenvalue weighted by Gasteiger charge is 2.25. The van der Waals surface area contributed by atoms with Crippen molar-refractivity contribution < 1.29 is 4.79 Å². The molecule has 1 heterocycles. The van der Waals surface area contributed by atoms with Crippen molar-refractivity contribution in [1.82, 2.24) is 5.32 Å². The van der Waals surface area contributed by atoms with Crippen LogP contribution in [0, 0.1) is 5.92 Å². The number of benzene rings is 1. The zero-order valence-electron chi connectivity index (χ0n) is 10.5. The molecule has 2 N–H and O–H groups in total. The topological polar surface area (TPSA) is 41.1 Å². The maximum atomic E-state index is 12.2. The summed E-state index contributed by atoms with van der Waals surface area (Å²) < 4.78 is 0.788. The summed E-state index contributed by atoms with van der Waals surface area (Å²) in [6.07, 6.45) is 1.67. The number of rotatable bonds is 2. The van der Waals surface area contributed by atoms with E-state index in [9.17, 15) is 4.79 Å². The van der Waals surface area contributed by atoms with Crippen LogP contribution in [0.1, 0.15) is 19.8 Å². The summed E-state index contributed by atoms with van der Waals surface area (Å²) in [7, 11) is 0. The van der Waals surface area contributed by atoms with Crippen molar-refractivity contribution in [2.75, 3.05) is 11.9 Å². The Morgan fingerprint density at radius 1 is 1.42 bits per heavy atom. The SMILES string of the molecule is CC1CC(C(=O)Nc2c(Cl)cc(Br)cc2Cl)CCN1. The third-order valence-electron chi connectivity index (χ3n) is 3.25. The number of anilines is 1. The summed E-state index contributed by atoms with van der Waals surface area (Å²) in [5.74, 6) is -0.00787. The second-order valence-electron chi connectivity index (χ2n) is 4.81. The quantitative estimate of drug-likeness (QED) is 0.828. The molecule has 1 aromatic rings. The van der Waals surface area contributed by atoms with Crippen molar-refractivity contribution in [2.45, 2.75) is 25.8 Å². The fraction of sp³-hybridized carbons (Fsp3) is 0.462. The molecule has 1 aliphatic rings. The molecule has 6 heteroatoms. The molecule has 0 bridgehead atoms. The summed E-state index contributed by atoms with van der Waals surface area (Å²) in [6, 6.07) is 3.79. The molecule has 3 nitrogen and oxygen atoms in total. The number of halogens is 3. The van der Waals surface area contributed by atoms with Gasteiger partial charge in [0.05, 0.1) is 15.7 Å². The standard InChI is InChI=1S/C13H15BrCl2N2O/c1-7-4-8(2-3-17-7)13(19)18-12-10(15)5-9(14)6-11(12)16/h5-8,17H,2-4H2,1H3,(H,18,19). The van der Waals surface area contributed by atoms with Crippen molar-refractivity contribution >= 4 is 50.7 Å². The lowest BCUT2D eigenvalue weighted by molar-refractivity contribution is -0.120. The van der Waals surface area contributed by atoms with Crippen LogP contribution in [0.3, 0.4) is 0 Å². The largest absolute Gasteiger partial charge is 0.323 e. The second kappa shape index (κ2) is 6.44. The molecule has 1 aromatic carbocycles. The van der Waals surface area contributed by atoms with Crippen molar-refractivity contribution in [3.05, 3.63) is 26.7 Å². The van der Waals surface area contributed by atoms with Crippen LogP contribution in [0.25, 0.3) is 0 Å². The van der Waals surface area contributed by atoms with E-state index in [-0.39, 0.29) is 11.8 Å². The molecule has 0 saturated carbocycles. The van der Waals surface area contributed by atoms with Crippen molar-refractivity contribution in [2.24, 2.45) is 5.92 Å². The molecule has 1 aliphatic heterocycles. The number of piperidine rings is 1. The predicted octanol–water partition coefficient (Wildman–Crippen LogP) is 4.08. The molecule has 0 spiro atoms. The summed E-state index contributed by atoms with van der Waals surface area (Å²) in [6.45, 7) is 2.94. The smallest absolute Gasteiger partial charge is 0.227 e. The van der Waals surface area contributed by atoms with Crippen LogP contribution in [0.2, 0.25) is 10.0 Å². The minimum atomic E-state index is -0.0144. The van der Waals surface area contributed by atoms with Crippen molar-refractivity contribution in [3.8, 4) is 0 Å². The molecule has 1 saturated heterocycles. The van der Waals surface area contributed by atoms with Gasteiger partial charge in [-0.3, -0.25) is 4.79 Å². The molecular formula is C13H15BrCl2N2O. The van der Waals surface area contributed by atoms with Crippen LogP contribution >= 0.6 is 39.1 Å². The summed E-state index contributed by atoms with van der Waals surface area (Å²) in [4.78, 5) is 12.2. The fourth-order valence-corrected chi connectivity index (χ4v) is 3.56. The van der Waals surface area contributed by atoms with Gasteiger partial charge in [-0.2, -0.15) is 0 Å². The number of amides is 1. The maximum Gasteiger partial charge on any atom is 0.227 e.